The molecule has 0 aromatic heterocycles. The van der Waals surface area contributed by atoms with Crippen molar-refractivity contribution in [1.82, 2.24) is 0 Å². The molecular weight excluding hydrogens is 178 g/mol. The quantitative estimate of drug-likeness (QED) is 0.637. The molecule has 5 heteroatoms. The fourth-order valence-electron chi connectivity index (χ4n) is 1.04. The van der Waals surface area contributed by atoms with Crippen molar-refractivity contribution in [3.8, 4) is 5.75 Å². The van der Waals surface area contributed by atoms with Gasteiger partial charge in [0, 0.05) is 17.8 Å². The van der Waals surface area contributed by atoms with E-state index in [1.165, 1.54) is 24.4 Å². The summed E-state index contributed by atoms with van der Waals surface area (Å²) < 4.78 is 25.5. The predicted octanol–water partition coefficient (Wildman–Crippen LogP) is 0.513. The fraction of sp³-hybridized carbons (Fsp3) is 0. The van der Waals surface area contributed by atoms with Gasteiger partial charge in [0.2, 0.25) is 0 Å². The average Bonchev–Trinajstić information content (AvgIpc) is 2.28. The summed E-state index contributed by atoms with van der Waals surface area (Å²) in [5, 5.41) is 9.01. The van der Waals surface area contributed by atoms with Crippen molar-refractivity contribution in [1.29, 1.82) is 0 Å². The zero-order valence-corrected chi connectivity index (χ0v) is 6.75. The normalized spacial score (nSPS) is 17.7. The molecule has 0 fully saturated rings. The molecule has 0 saturated heterocycles. The Morgan fingerprint density at radius 1 is 1.33 bits per heavy atom. The third kappa shape index (κ3) is 0.902. The fourth-order valence-corrected chi connectivity index (χ4v) is 2.09. The number of fused-ring (bicyclic) bond motifs is 1. The smallest absolute Gasteiger partial charge is 0.283 e. The highest BCUT2D eigenvalue weighted by Crippen LogP contribution is 2.25. The summed E-state index contributed by atoms with van der Waals surface area (Å²) in [5.74, 6) is -0.0668. The Hall–Kier alpha value is -1.36. The molecule has 1 heterocycles. The van der Waals surface area contributed by atoms with Crippen LogP contribution in [0.15, 0.2) is 27.5 Å². The van der Waals surface area contributed by atoms with Gasteiger partial charge in [-0.1, -0.05) is 0 Å². The highest BCUT2D eigenvalue weighted by Gasteiger charge is 2.21. The first-order valence-corrected chi connectivity index (χ1v) is 4.67. The summed E-state index contributed by atoms with van der Waals surface area (Å²) in [6.45, 7) is 0. The van der Waals surface area contributed by atoms with E-state index in [0.717, 1.165) is 0 Å². The van der Waals surface area contributed by atoms with Crippen LogP contribution in [-0.4, -0.2) is 19.7 Å². The van der Waals surface area contributed by atoms with Crippen molar-refractivity contribution in [2.45, 2.75) is 4.90 Å². The molecule has 1 aliphatic rings. The number of rotatable bonds is 0. The highest BCUT2D eigenvalue weighted by atomic mass is 32.2. The van der Waals surface area contributed by atoms with Crippen LogP contribution in [0.25, 0.3) is 0 Å². The molecule has 12 heavy (non-hydrogen) atoms. The van der Waals surface area contributed by atoms with E-state index in [9.17, 15) is 8.42 Å². The zero-order chi connectivity index (χ0) is 8.77. The Labute approximate surface area is 69.2 Å². The second kappa shape index (κ2) is 2.07. The first kappa shape index (κ1) is 7.30. The van der Waals surface area contributed by atoms with Crippen LogP contribution in [0.5, 0.6) is 5.75 Å². The van der Waals surface area contributed by atoms with Crippen LogP contribution in [-0.2, 0) is 10.0 Å². The van der Waals surface area contributed by atoms with E-state index in [1.807, 2.05) is 0 Å². The Kier molecular flexibility index (Phi) is 1.26. The largest absolute Gasteiger partial charge is 0.508 e. The van der Waals surface area contributed by atoms with Crippen molar-refractivity contribution in [2.24, 2.45) is 4.40 Å². The van der Waals surface area contributed by atoms with Crippen LogP contribution in [0.3, 0.4) is 0 Å². The number of hydrogen-bond acceptors (Lipinski definition) is 3. The van der Waals surface area contributed by atoms with E-state index in [-0.39, 0.29) is 10.6 Å². The van der Waals surface area contributed by atoms with Gasteiger partial charge in [-0.15, -0.1) is 0 Å². The van der Waals surface area contributed by atoms with E-state index < -0.39 is 10.0 Å². The van der Waals surface area contributed by atoms with Gasteiger partial charge in [0.1, 0.15) is 10.6 Å². The topological polar surface area (TPSA) is 66.7 Å². The van der Waals surface area contributed by atoms with Crippen LogP contribution in [0, 0.1) is 0 Å². The number of nitrogens with zero attached hydrogens (tertiary/aromatic N) is 1. The van der Waals surface area contributed by atoms with Gasteiger partial charge in [0.25, 0.3) is 10.0 Å². The van der Waals surface area contributed by atoms with Crippen LogP contribution in [0.1, 0.15) is 5.56 Å². The molecule has 0 amide bonds. The molecule has 0 saturated carbocycles. The average molecular weight is 183 g/mol. The summed E-state index contributed by atoms with van der Waals surface area (Å²) in [5.41, 5.74) is 0.521. The van der Waals surface area contributed by atoms with Gasteiger partial charge in [-0.2, -0.15) is 12.8 Å². The minimum Gasteiger partial charge on any atom is -0.508 e. The van der Waals surface area contributed by atoms with Gasteiger partial charge in [0.05, 0.1) is 0 Å². The minimum atomic E-state index is -3.52. The van der Waals surface area contributed by atoms with Crippen molar-refractivity contribution >= 4 is 16.2 Å². The summed E-state index contributed by atoms with van der Waals surface area (Å²) in [6.07, 6.45) is 1.27. The van der Waals surface area contributed by atoms with Gasteiger partial charge in [-0.25, -0.2) is 0 Å². The number of aromatic hydroxyl groups is 1. The molecule has 4 nitrogen and oxygen atoms in total. The third-order valence-corrected chi connectivity index (χ3v) is 2.90. The van der Waals surface area contributed by atoms with Crippen molar-refractivity contribution in [2.75, 3.05) is 0 Å². The molecule has 1 aromatic carbocycles. The van der Waals surface area contributed by atoms with Gasteiger partial charge < -0.3 is 5.11 Å². The summed E-state index contributed by atoms with van der Waals surface area (Å²) in [4.78, 5) is 0.0718. The van der Waals surface area contributed by atoms with Gasteiger partial charge >= 0.3 is 0 Å². The highest BCUT2D eigenvalue weighted by molar-refractivity contribution is 7.90. The molecule has 0 atom stereocenters. The number of phenols is 1. The van der Waals surface area contributed by atoms with Crippen molar-refractivity contribution in [3.63, 3.8) is 0 Å². The first-order chi connectivity index (χ1) is 5.59. The lowest BCUT2D eigenvalue weighted by Gasteiger charge is -1.96. The SMILES string of the molecule is O=S1(=O)N=Cc2ccc(O)cc21. The number of benzene rings is 1. The Morgan fingerprint density at radius 3 is 2.83 bits per heavy atom. The van der Waals surface area contributed by atoms with Crippen LogP contribution < -0.4 is 0 Å². The number of hydrogen-bond donors (Lipinski definition) is 1. The molecule has 1 N–H and O–H groups in total. The Balaban J connectivity index is 2.80. The van der Waals surface area contributed by atoms with Crippen LogP contribution in [0.4, 0.5) is 0 Å². The monoisotopic (exact) mass is 183 g/mol. The standard InChI is InChI=1S/C7H5NO3S/c9-6-2-1-5-4-8-12(10,11)7(5)3-6/h1-4,9H. The van der Waals surface area contributed by atoms with E-state index in [2.05, 4.69) is 4.40 Å². The zero-order valence-electron chi connectivity index (χ0n) is 5.93. The van der Waals surface area contributed by atoms with Gasteiger partial charge in [-0.3, -0.25) is 0 Å². The molecular formula is C7H5NO3S. The Bertz CT molecular complexity index is 462. The van der Waals surface area contributed by atoms with Crippen molar-refractivity contribution in [3.05, 3.63) is 23.8 Å². The molecule has 1 aliphatic heterocycles. The maximum absolute atomic E-state index is 11.1. The van der Waals surface area contributed by atoms with E-state index in [1.54, 1.807) is 0 Å². The molecule has 1 aromatic rings. The molecule has 0 bridgehead atoms. The molecule has 0 unspecified atom stereocenters. The van der Waals surface area contributed by atoms with Crippen LogP contribution in [0.2, 0.25) is 0 Å². The minimum absolute atomic E-state index is 0.0668. The Morgan fingerprint density at radius 2 is 2.08 bits per heavy atom. The molecule has 2 rings (SSSR count). The van der Waals surface area contributed by atoms with Gasteiger partial charge in [0.15, 0.2) is 0 Å². The maximum atomic E-state index is 11.1. The van der Waals surface area contributed by atoms with Crippen molar-refractivity contribution < 1.29 is 13.5 Å². The molecule has 0 aliphatic carbocycles. The molecule has 0 spiro atoms. The second-order valence-corrected chi connectivity index (χ2v) is 4.03. The second-order valence-electron chi connectivity index (χ2n) is 2.43. The summed E-state index contributed by atoms with van der Waals surface area (Å²) >= 11 is 0. The van der Waals surface area contributed by atoms with E-state index in [0.29, 0.717) is 5.56 Å². The summed E-state index contributed by atoms with van der Waals surface area (Å²) in [7, 11) is -3.52. The lowest BCUT2D eigenvalue weighted by Crippen LogP contribution is -1.92. The number of phenolic OH excluding ortho intramolecular Hbond substituents is 1. The predicted molar refractivity (Wildman–Crippen MR) is 42.9 cm³/mol. The van der Waals surface area contributed by atoms with Crippen LogP contribution >= 0.6 is 0 Å². The third-order valence-electron chi connectivity index (χ3n) is 1.61. The van der Waals surface area contributed by atoms with Gasteiger partial charge in [-0.05, 0) is 12.1 Å². The lowest BCUT2D eigenvalue weighted by molar-refractivity contribution is 0.473. The lowest BCUT2D eigenvalue weighted by atomic mass is 10.2. The molecule has 62 valence electrons. The maximum Gasteiger partial charge on any atom is 0.283 e. The van der Waals surface area contributed by atoms with E-state index >= 15 is 0 Å². The summed E-state index contributed by atoms with van der Waals surface area (Å²) in [6, 6.07) is 4.13. The van der Waals surface area contributed by atoms with E-state index in [4.69, 9.17) is 5.11 Å². The first-order valence-electron chi connectivity index (χ1n) is 3.23. The molecule has 0 radical (unpaired) electrons. The number of sulfonamides is 1.